The van der Waals surface area contributed by atoms with Gasteiger partial charge in [-0.15, -0.1) is 0 Å². The number of ether oxygens (including phenoxy) is 3. The van der Waals surface area contributed by atoms with E-state index in [4.69, 9.17) is 25.8 Å². The molecule has 2 aromatic rings. The minimum atomic E-state index is -0.157. The standard InChI is InChI=1S/C19H20ClNO4/c1-10-7-11(20)5-6-12(10)13-8-16(22)21-14-9-15(23-2)18(24-3)19(25-4)17(13)14/h5-7,9,13H,8H2,1-4H3,(H,21,22). The van der Waals surface area contributed by atoms with Crippen molar-refractivity contribution in [3.63, 3.8) is 0 Å². The number of anilines is 1. The van der Waals surface area contributed by atoms with Crippen molar-refractivity contribution >= 4 is 23.2 Å². The van der Waals surface area contributed by atoms with Crippen molar-refractivity contribution in [3.05, 3.63) is 46.0 Å². The molecular formula is C19H20ClNO4. The lowest BCUT2D eigenvalue weighted by Gasteiger charge is -2.30. The predicted molar refractivity (Wildman–Crippen MR) is 97.4 cm³/mol. The summed E-state index contributed by atoms with van der Waals surface area (Å²) in [7, 11) is 4.70. The van der Waals surface area contributed by atoms with Gasteiger partial charge in [0.1, 0.15) is 0 Å². The van der Waals surface area contributed by atoms with Crippen molar-refractivity contribution in [3.8, 4) is 17.2 Å². The molecule has 0 bridgehead atoms. The molecule has 0 fully saturated rings. The molecule has 2 aromatic carbocycles. The van der Waals surface area contributed by atoms with Crippen LogP contribution < -0.4 is 19.5 Å². The van der Waals surface area contributed by atoms with Crippen molar-refractivity contribution in [2.75, 3.05) is 26.6 Å². The Hall–Kier alpha value is -2.40. The third-order valence-corrected chi connectivity index (χ3v) is 4.72. The quantitative estimate of drug-likeness (QED) is 0.888. The number of halogens is 1. The third kappa shape index (κ3) is 3.00. The van der Waals surface area contributed by atoms with Crippen LogP contribution in [0.2, 0.25) is 5.02 Å². The van der Waals surface area contributed by atoms with Crippen LogP contribution in [0, 0.1) is 6.92 Å². The summed E-state index contributed by atoms with van der Waals surface area (Å²) >= 11 is 6.09. The molecule has 1 atom stereocenters. The first-order chi connectivity index (χ1) is 12.0. The number of nitrogens with one attached hydrogen (secondary N) is 1. The van der Waals surface area contributed by atoms with Crippen molar-refractivity contribution in [2.45, 2.75) is 19.3 Å². The average molecular weight is 362 g/mol. The van der Waals surface area contributed by atoms with Gasteiger partial charge in [0.2, 0.25) is 11.7 Å². The summed E-state index contributed by atoms with van der Waals surface area (Å²) in [5, 5.41) is 3.58. The van der Waals surface area contributed by atoms with E-state index in [1.54, 1.807) is 27.4 Å². The highest BCUT2D eigenvalue weighted by atomic mass is 35.5. The van der Waals surface area contributed by atoms with E-state index < -0.39 is 0 Å². The monoisotopic (exact) mass is 361 g/mol. The lowest BCUT2D eigenvalue weighted by Crippen LogP contribution is -2.25. The summed E-state index contributed by atoms with van der Waals surface area (Å²) in [6.45, 7) is 1.99. The highest BCUT2D eigenvalue weighted by Gasteiger charge is 2.34. The first-order valence-electron chi connectivity index (χ1n) is 7.88. The van der Waals surface area contributed by atoms with Crippen LogP contribution >= 0.6 is 11.6 Å². The SMILES string of the molecule is COc1cc2c(c(OC)c1OC)C(c1ccc(Cl)cc1C)CC(=O)N2. The minimum absolute atomic E-state index is 0.0545. The van der Waals surface area contributed by atoms with Gasteiger partial charge < -0.3 is 19.5 Å². The Kier molecular flexibility index (Phi) is 4.77. The Morgan fingerprint density at radius 3 is 2.40 bits per heavy atom. The van der Waals surface area contributed by atoms with Crippen LogP contribution in [-0.2, 0) is 4.79 Å². The number of carbonyl (C=O) groups excluding carboxylic acids is 1. The highest BCUT2D eigenvalue weighted by Crippen LogP contribution is 2.51. The van der Waals surface area contributed by atoms with E-state index in [-0.39, 0.29) is 11.8 Å². The van der Waals surface area contributed by atoms with Crippen LogP contribution in [-0.4, -0.2) is 27.2 Å². The first-order valence-corrected chi connectivity index (χ1v) is 8.26. The van der Waals surface area contributed by atoms with Gasteiger partial charge in [-0.05, 0) is 30.2 Å². The Labute approximate surface area is 151 Å². The second-order valence-corrected chi connectivity index (χ2v) is 6.35. The van der Waals surface area contributed by atoms with E-state index in [0.717, 1.165) is 16.7 Å². The molecular weight excluding hydrogens is 342 g/mol. The largest absolute Gasteiger partial charge is 0.493 e. The molecule has 5 nitrogen and oxygen atoms in total. The summed E-state index contributed by atoms with van der Waals surface area (Å²) in [6, 6.07) is 7.46. The lowest BCUT2D eigenvalue weighted by molar-refractivity contribution is -0.116. The molecule has 1 aliphatic heterocycles. The van der Waals surface area contributed by atoms with Crippen molar-refractivity contribution < 1.29 is 19.0 Å². The highest BCUT2D eigenvalue weighted by molar-refractivity contribution is 6.30. The van der Waals surface area contributed by atoms with Crippen molar-refractivity contribution in [1.29, 1.82) is 0 Å². The maximum Gasteiger partial charge on any atom is 0.225 e. The number of aryl methyl sites for hydroxylation is 1. The maximum absolute atomic E-state index is 12.3. The molecule has 1 amide bonds. The average Bonchev–Trinajstić information content (AvgIpc) is 2.59. The zero-order valence-electron chi connectivity index (χ0n) is 14.6. The summed E-state index contributed by atoms with van der Waals surface area (Å²) in [4.78, 5) is 12.3. The number of hydrogen-bond acceptors (Lipinski definition) is 4. The predicted octanol–water partition coefficient (Wildman–Crippen LogP) is 4.15. The topological polar surface area (TPSA) is 56.8 Å². The van der Waals surface area contributed by atoms with Crippen LogP contribution in [0.3, 0.4) is 0 Å². The number of hydrogen-bond donors (Lipinski definition) is 1. The van der Waals surface area contributed by atoms with Crippen molar-refractivity contribution in [2.24, 2.45) is 0 Å². The molecule has 1 unspecified atom stereocenters. The molecule has 0 saturated carbocycles. The van der Waals surface area contributed by atoms with Gasteiger partial charge in [0.15, 0.2) is 11.5 Å². The van der Waals surface area contributed by atoms with E-state index in [9.17, 15) is 4.79 Å². The Bertz CT molecular complexity index is 835. The summed E-state index contributed by atoms with van der Waals surface area (Å²) < 4.78 is 16.5. The first kappa shape index (κ1) is 17.4. The zero-order valence-corrected chi connectivity index (χ0v) is 15.4. The molecule has 1 heterocycles. The van der Waals surface area contributed by atoms with E-state index in [1.165, 1.54) is 0 Å². The molecule has 0 aromatic heterocycles. The Morgan fingerprint density at radius 2 is 1.80 bits per heavy atom. The second kappa shape index (κ2) is 6.84. The minimum Gasteiger partial charge on any atom is -0.493 e. The zero-order chi connectivity index (χ0) is 18.1. The van der Waals surface area contributed by atoms with E-state index in [2.05, 4.69) is 5.32 Å². The molecule has 0 aliphatic carbocycles. The molecule has 25 heavy (non-hydrogen) atoms. The van der Waals surface area contributed by atoms with Crippen molar-refractivity contribution in [1.82, 2.24) is 0 Å². The summed E-state index contributed by atoms with van der Waals surface area (Å²) in [5.74, 6) is 1.37. The fourth-order valence-corrected chi connectivity index (χ4v) is 3.64. The molecule has 0 saturated heterocycles. The number of amides is 1. The lowest BCUT2D eigenvalue weighted by atomic mass is 9.82. The number of rotatable bonds is 4. The molecule has 1 N–H and O–H groups in total. The van der Waals surface area contributed by atoms with E-state index >= 15 is 0 Å². The van der Waals surface area contributed by atoms with Gasteiger partial charge in [-0.25, -0.2) is 0 Å². The Balaban J connectivity index is 2.27. The van der Waals surface area contributed by atoms with Crippen LogP contribution in [0.15, 0.2) is 24.3 Å². The van der Waals surface area contributed by atoms with E-state index in [1.807, 2.05) is 25.1 Å². The van der Waals surface area contributed by atoms with Crippen LogP contribution in [0.1, 0.15) is 29.0 Å². The maximum atomic E-state index is 12.3. The van der Waals surface area contributed by atoms with E-state index in [0.29, 0.717) is 34.4 Å². The molecule has 0 spiro atoms. The van der Waals surface area contributed by atoms with Gasteiger partial charge in [0, 0.05) is 29.0 Å². The fourth-order valence-electron chi connectivity index (χ4n) is 3.41. The van der Waals surface area contributed by atoms with Gasteiger partial charge in [0.25, 0.3) is 0 Å². The molecule has 6 heteroatoms. The Morgan fingerprint density at radius 1 is 1.08 bits per heavy atom. The van der Waals surface area contributed by atoms with Gasteiger partial charge in [0.05, 0.1) is 27.0 Å². The number of fused-ring (bicyclic) bond motifs is 1. The number of benzene rings is 2. The van der Waals surface area contributed by atoms with Crippen LogP contribution in [0.25, 0.3) is 0 Å². The smallest absolute Gasteiger partial charge is 0.225 e. The molecule has 1 aliphatic rings. The third-order valence-electron chi connectivity index (χ3n) is 4.49. The normalized spacial score (nSPS) is 16.0. The van der Waals surface area contributed by atoms with Gasteiger partial charge in [-0.1, -0.05) is 17.7 Å². The number of carbonyl (C=O) groups is 1. The molecule has 3 rings (SSSR count). The van der Waals surface area contributed by atoms with Gasteiger partial charge >= 0.3 is 0 Å². The molecule has 132 valence electrons. The summed E-state index contributed by atoms with van der Waals surface area (Å²) in [5.41, 5.74) is 3.61. The van der Waals surface area contributed by atoms with Gasteiger partial charge in [-0.2, -0.15) is 0 Å². The summed E-state index contributed by atoms with van der Waals surface area (Å²) in [6.07, 6.45) is 0.321. The number of methoxy groups -OCH3 is 3. The van der Waals surface area contributed by atoms with Gasteiger partial charge in [-0.3, -0.25) is 4.79 Å². The second-order valence-electron chi connectivity index (χ2n) is 5.91. The molecule has 0 radical (unpaired) electrons. The fraction of sp³-hybridized carbons (Fsp3) is 0.316. The van der Waals surface area contributed by atoms with Crippen LogP contribution in [0.4, 0.5) is 5.69 Å². The van der Waals surface area contributed by atoms with Crippen LogP contribution in [0.5, 0.6) is 17.2 Å².